The summed E-state index contributed by atoms with van der Waals surface area (Å²) in [4.78, 5) is 25.9. The summed E-state index contributed by atoms with van der Waals surface area (Å²) in [6.45, 7) is 4.68. The minimum absolute atomic E-state index is 0.0102. The largest absolute Gasteiger partial charge is 0.339 e. The van der Waals surface area contributed by atoms with Crippen LogP contribution in [0.15, 0.2) is 35.5 Å². The molecule has 24 heavy (non-hydrogen) atoms. The Kier molecular flexibility index (Phi) is 4.71. The van der Waals surface area contributed by atoms with E-state index in [0.29, 0.717) is 30.5 Å². The van der Waals surface area contributed by atoms with Crippen molar-refractivity contribution in [1.82, 2.24) is 14.7 Å². The fraction of sp³-hybridized carbons (Fsp3) is 0.353. The number of carbonyl (C=O) groups excluding carboxylic acids is 2. The molecule has 1 aromatic carbocycles. The molecule has 6 nitrogen and oxygen atoms in total. The Labute approximate surface area is 148 Å². The number of benzene rings is 1. The summed E-state index contributed by atoms with van der Waals surface area (Å²) in [6, 6.07) is 5.74. The van der Waals surface area contributed by atoms with Crippen molar-refractivity contribution in [2.75, 3.05) is 18.4 Å². The van der Waals surface area contributed by atoms with Gasteiger partial charge in [0.05, 0.1) is 16.6 Å². The lowest BCUT2D eigenvalue weighted by Gasteiger charge is -2.30. The Morgan fingerprint density at radius 3 is 2.75 bits per heavy atom. The maximum Gasteiger partial charge on any atom is 0.245 e. The van der Waals surface area contributed by atoms with E-state index in [4.69, 9.17) is 0 Å². The maximum absolute atomic E-state index is 12.6. The normalized spacial score (nSPS) is 15.5. The van der Waals surface area contributed by atoms with Crippen LogP contribution in [0.3, 0.4) is 0 Å². The number of aryl methyl sites for hydroxylation is 1. The zero-order valence-corrected chi connectivity index (χ0v) is 15.0. The predicted octanol–water partition coefficient (Wildman–Crippen LogP) is 2.70. The molecule has 0 radical (unpaired) electrons. The van der Waals surface area contributed by atoms with Crippen LogP contribution in [-0.2, 0) is 16.6 Å². The molecule has 2 aromatic rings. The summed E-state index contributed by atoms with van der Waals surface area (Å²) in [5, 5.41) is 8.25. The molecule has 0 atom stereocenters. The van der Waals surface area contributed by atoms with Gasteiger partial charge in [-0.1, -0.05) is 12.6 Å². The smallest absolute Gasteiger partial charge is 0.245 e. The fourth-order valence-corrected chi connectivity index (χ4v) is 3.75. The molecule has 1 N–H and O–H groups in total. The second-order valence-corrected chi connectivity index (χ2v) is 6.66. The summed E-state index contributed by atoms with van der Waals surface area (Å²) in [5.41, 5.74) is 1.70. The molecule has 1 aliphatic rings. The average Bonchev–Trinajstić information content (AvgIpc) is 2.89. The number of rotatable bonds is 3. The number of anilines is 1. The van der Waals surface area contributed by atoms with E-state index in [-0.39, 0.29) is 17.7 Å². The number of nitrogens with one attached hydrogen (secondary N) is 1. The van der Waals surface area contributed by atoms with E-state index in [1.165, 1.54) is 6.08 Å². The van der Waals surface area contributed by atoms with Crippen LogP contribution in [-0.4, -0.2) is 39.6 Å². The highest BCUT2D eigenvalue weighted by atomic mass is 79.9. The molecular weight excluding hydrogens is 372 g/mol. The van der Waals surface area contributed by atoms with Crippen LogP contribution >= 0.6 is 15.9 Å². The van der Waals surface area contributed by atoms with Crippen LogP contribution in [0, 0.1) is 5.92 Å². The van der Waals surface area contributed by atoms with E-state index in [9.17, 15) is 9.59 Å². The lowest BCUT2D eigenvalue weighted by molar-refractivity contribution is -0.130. The van der Waals surface area contributed by atoms with Crippen LogP contribution in [0.25, 0.3) is 10.9 Å². The number of fused-ring (bicyclic) bond motifs is 1. The van der Waals surface area contributed by atoms with Gasteiger partial charge < -0.3 is 10.2 Å². The topological polar surface area (TPSA) is 67.2 Å². The second kappa shape index (κ2) is 6.76. The Morgan fingerprint density at radius 2 is 2.08 bits per heavy atom. The molecule has 126 valence electrons. The van der Waals surface area contributed by atoms with Crippen molar-refractivity contribution in [3.8, 4) is 0 Å². The fourth-order valence-electron chi connectivity index (χ4n) is 3.09. The molecule has 0 unspecified atom stereocenters. The monoisotopic (exact) mass is 390 g/mol. The van der Waals surface area contributed by atoms with Gasteiger partial charge in [-0.05, 0) is 47.0 Å². The van der Waals surface area contributed by atoms with Gasteiger partial charge in [-0.2, -0.15) is 5.10 Å². The van der Waals surface area contributed by atoms with Crippen LogP contribution in [0.5, 0.6) is 0 Å². The first-order chi connectivity index (χ1) is 11.5. The summed E-state index contributed by atoms with van der Waals surface area (Å²) >= 11 is 3.45. The molecule has 2 amide bonds. The van der Waals surface area contributed by atoms with E-state index in [1.807, 2.05) is 25.2 Å². The molecule has 1 saturated heterocycles. The minimum atomic E-state index is -0.0930. The maximum atomic E-state index is 12.6. The van der Waals surface area contributed by atoms with E-state index < -0.39 is 0 Å². The lowest BCUT2D eigenvalue weighted by atomic mass is 9.95. The van der Waals surface area contributed by atoms with E-state index in [0.717, 1.165) is 16.6 Å². The minimum Gasteiger partial charge on any atom is -0.339 e. The summed E-state index contributed by atoms with van der Waals surface area (Å²) in [5.74, 6) is -0.175. The van der Waals surface area contributed by atoms with Crippen molar-refractivity contribution < 1.29 is 9.59 Å². The molecule has 0 aliphatic carbocycles. The Bertz CT molecular complexity index is 806. The molecule has 2 heterocycles. The van der Waals surface area contributed by atoms with Gasteiger partial charge in [-0.25, -0.2) is 0 Å². The van der Waals surface area contributed by atoms with Crippen molar-refractivity contribution in [1.29, 1.82) is 0 Å². The number of aromatic nitrogens is 2. The third-order valence-corrected chi connectivity index (χ3v) is 5.00. The second-order valence-electron chi connectivity index (χ2n) is 5.91. The molecule has 1 aliphatic heterocycles. The molecule has 7 heteroatoms. The van der Waals surface area contributed by atoms with Gasteiger partial charge in [0.15, 0.2) is 0 Å². The number of piperidine rings is 1. The van der Waals surface area contributed by atoms with Crippen LogP contribution in [0.4, 0.5) is 5.69 Å². The average molecular weight is 391 g/mol. The highest BCUT2D eigenvalue weighted by Crippen LogP contribution is 2.31. The summed E-state index contributed by atoms with van der Waals surface area (Å²) in [6.07, 6.45) is 2.65. The van der Waals surface area contributed by atoms with Gasteiger partial charge in [-0.3, -0.25) is 14.3 Å². The highest BCUT2D eigenvalue weighted by molar-refractivity contribution is 9.10. The number of nitrogens with zero attached hydrogens (tertiary/aromatic N) is 3. The van der Waals surface area contributed by atoms with Crippen molar-refractivity contribution >= 4 is 44.3 Å². The van der Waals surface area contributed by atoms with Crippen molar-refractivity contribution in [3.63, 3.8) is 0 Å². The third kappa shape index (κ3) is 3.08. The van der Waals surface area contributed by atoms with Gasteiger partial charge in [0.2, 0.25) is 11.8 Å². The molecule has 1 fully saturated rings. The molecule has 0 spiro atoms. The Balaban J connectivity index is 1.72. The third-order valence-electron chi connectivity index (χ3n) is 4.45. The SMILES string of the molecule is C=CC(=O)N1CCC(C(=O)Nc2cccc3c2c(Br)nn3C)CC1. The first-order valence-electron chi connectivity index (χ1n) is 7.84. The van der Waals surface area contributed by atoms with Gasteiger partial charge >= 0.3 is 0 Å². The van der Waals surface area contributed by atoms with Gasteiger partial charge in [0.1, 0.15) is 4.60 Å². The lowest BCUT2D eigenvalue weighted by Crippen LogP contribution is -2.40. The number of amides is 2. The van der Waals surface area contributed by atoms with Crippen molar-refractivity contribution in [2.24, 2.45) is 13.0 Å². The van der Waals surface area contributed by atoms with Gasteiger partial charge in [-0.15, -0.1) is 0 Å². The summed E-state index contributed by atoms with van der Waals surface area (Å²) < 4.78 is 2.48. The molecule has 3 rings (SSSR count). The first-order valence-corrected chi connectivity index (χ1v) is 8.64. The number of likely N-dealkylation sites (tertiary alicyclic amines) is 1. The number of hydrogen-bond acceptors (Lipinski definition) is 3. The number of halogens is 1. The van der Waals surface area contributed by atoms with Crippen LogP contribution in [0.2, 0.25) is 0 Å². The standard InChI is InChI=1S/C17H19BrN4O2/c1-3-14(23)22-9-7-11(8-10-22)17(24)19-12-5-4-6-13-15(12)16(18)20-21(13)2/h3-6,11H,1,7-10H2,2H3,(H,19,24). The van der Waals surface area contributed by atoms with Crippen molar-refractivity contribution in [3.05, 3.63) is 35.5 Å². The van der Waals surface area contributed by atoms with E-state index in [1.54, 1.807) is 9.58 Å². The Hall–Kier alpha value is -2.15. The van der Waals surface area contributed by atoms with Crippen LogP contribution in [0.1, 0.15) is 12.8 Å². The highest BCUT2D eigenvalue weighted by Gasteiger charge is 2.27. The predicted molar refractivity (Wildman–Crippen MR) is 96.5 cm³/mol. The molecule has 0 saturated carbocycles. The van der Waals surface area contributed by atoms with Gasteiger partial charge in [0, 0.05) is 26.1 Å². The molecule has 0 bridgehead atoms. The van der Waals surface area contributed by atoms with Gasteiger partial charge in [0.25, 0.3) is 0 Å². The van der Waals surface area contributed by atoms with Crippen molar-refractivity contribution in [2.45, 2.75) is 12.8 Å². The van der Waals surface area contributed by atoms with Crippen LogP contribution < -0.4 is 5.32 Å². The molecular formula is C17H19BrN4O2. The zero-order chi connectivity index (χ0) is 17.3. The quantitative estimate of drug-likeness (QED) is 0.819. The summed E-state index contributed by atoms with van der Waals surface area (Å²) in [7, 11) is 1.87. The Morgan fingerprint density at radius 1 is 1.38 bits per heavy atom. The number of hydrogen-bond donors (Lipinski definition) is 1. The zero-order valence-electron chi connectivity index (χ0n) is 13.5. The molecule has 1 aromatic heterocycles. The number of carbonyl (C=O) groups is 2. The first kappa shape index (κ1) is 16.7. The van der Waals surface area contributed by atoms with E-state index in [2.05, 4.69) is 32.9 Å². The van der Waals surface area contributed by atoms with E-state index >= 15 is 0 Å².